The van der Waals surface area contributed by atoms with Crippen LogP contribution in [0.4, 0.5) is 34.1 Å². The SMILES string of the molecule is [2H]c1cccc2c1oc1c(N(c3c(C(C)CC)ccc4ccc(C(C)CC)cc34)c3cc(C(C)C)c4ccc5c(N(c6c(C(C)CC)ccc7ccc(C(C)CC)cc67)c6cccc7c6oc6c([2H])cccc67)cc(C(C)C)c6ccc3c4c65)cccc12. The summed E-state index contributed by atoms with van der Waals surface area (Å²) in [5, 5.41) is 15.9. The van der Waals surface area contributed by atoms with E-state index in [1.165, 1.54) is 76.5 Å². The fraction of sp³-hybridized carbons (Fsp3) is 0.268. The van der Waals surface area contributed by atoms with Crippen molar-refractivity contribution in [1.82, 2.24) is 0 Å². The molecule has 0 aliphatic carbocycles. The second-order valence-corrected chi connectivity index (χ2v) is 25.6. The third-order valence-electron chi connectivity index (χ3n) is 19.9. The Hall–Kier alpha value is -8.60. The Balaban J connectivity index is 1.17. The fourth-order valence-corrected chi connectivity index (χ4v) is 14.3. The van der Waals surface area contributed by atoms with Crippen LogP contribution in [0.25, 0.3) is 97.7 Å². The van der Waals surface area contributed by atoms with Gasteiger partial charge in [-0.15, -0.1) is 0 Å². The average molecular weight is 1130 g/mol. The summed E-state index contributed by atoms with van der Waals surface area (Å²) in [5.41, 5.74) is 16.9. The average Bonchev–Trinajstić information content (AvgIpc) is 0.729. The van der Waals surface area contributed by atoms with Crippen LogP contribution in [0.5, 0.6) is 0 Å². The van der Waals surface area contributed by atoms with Crippen molar-refractivity contribution in [2.75, 3.05) is 9.80 Å². The van der Waals surface area contributed by atoms with Crippen molar-refractivity contribution in [2.24, 2.45) is 0 Å². The molecule has 4 unspecified atom stereocenters. The molecule has 0 saturated carbocycles. The molecule has 0 amide bonds. The number of para-hydroxylation sites is 4. The summed E-state index contributed by atoms with van der Waals surface area (Å²) in [5.74, 6) is 1.47. The predicted octanol–water partition coefficient (Wildman–Crippen LogP) is 25.9. The Morgan fingerprint density at radius 3 is 1.12 bits per heavy atom. The van der Waals surface area contributed by atoms with Crippen LogP contribution in [0.3, 0.4) is 0 Å². The topological polar surface area (TPSA) is 32.8 Å². The van der Waals surface area contributed by atoms with Crippen molar-refractivity contribution in [2.45, 2.75) is 144 Å². The van der Waals surface area contributed by atoms with Gasteiger partial charge in [0.2, 0.25) is 0 Å². The van der Waals surface area contributed by atoms with E-state index in [9.17, 15) is 2.74 Å². The first-order valence-corrected chi connectivity index (χ1v) is 32.0. The van der Waals surface area contributed by atoms with E-state index in [-0.39, 0.29) is 23.7 Å². The molecule has 0 aliphatic heterocycles. The summed E-state index contributed by atoms with van der Waals surface area (Å²) in [6.45, 7) is 28.1. The lowest BCUT2D eigenvalue weighted by Gasteiger charge is -2.34. The Morgan fingerprint density at radius 2 is 0.721 bits per heavy atom. The Morgan fingerprint density at radius 1 is 0.337 bits per heavy atom. The summed E-state index contributed by atoms with van der Waals surface area (Å²) in [6, 6.07) is 64.2. The van der Waals surface area contributed by atoms with E-state index in [4.69, 9.17) is 8.83 Å². The van der Waals surface area contributed by atoms with Crippen LogP contribution in [-0.4, -0.2) is 0 Å². The number of rotatable bonds is 16. The van der Waals surface area contributed by atoms with Crippen molar-refractivity contribution >= 4 is 132 Å². The molecule has 4 heteroatoms. The lowest BCUT2D eigenvalue weighted by Crippen LogP contribution is -2.16. The number of anilines is 6. The van der Waals surface area contributed by atoms with Gasteiger partial charge < -0.3 is 18.6 Å². The molecule has 0 radical (unpaired) electrons. The van der Waals surface area contributed by atoms with E-state index in [1.54, 1.807) is 0 Å². The Labute approximate surface area is 510 Å². The number of hydrogen-bond donors (Lipinski definition) is 0. The van der Waals surface area contributed by atoms with E-state index in [0.717, 1.165) is 103 Å². The molecular formula is C82H80N2O2. The minimum atomic E-state index is 0.151. The molecule has 0 saturated heterocycles. The standard InChI is InChI=1S/C82H80N2O2/c1-13-49(9)55-33-31-53-35-37-57(51(11)15-3)79(69(53)43-55)83(71-27-21-25-63-59-23-17-19-29-75(59)85-81(63)71)73-45-67(47(5)6)61-40-42-66-74(46-68(48(7)8)62-39-41-65(73)77(61)78(62)66)84(72-28-22-26-64-60-24-18-20-30-76(60)86-82(64)72)80-58(52(12)16-4)38-36-54-32-34-56(44-70(54)80)50(10)14-2/h17-52H,13-16H2,1-12H3/i29D,30D. The molecule has 14 aromatic rings. The largest absolute Gasteiger partial charge is 0.454 e. The van der Waals surface area contributed by atoms with Crippen molar-refractivity contribution in [1.29, 1.82) is 0 Å². The zero-order chi connectivity index (χ0) is 61.1. The second-order valence-electron chi connectivity index (χ2n) is 25.6. The van der Waals surface area contributed by atoms with E-state index >= 15 is 0 Å². The maximum Gasteiger partial charge on any atom is 0.159 e. The number of hydrogen-bond acceptors (Lipinski definition) is 4. The van der Waals surface area contributed by atoms with Crippen molar-refractivity contribution in [3.8, 4) is 0 Å². The van der Waals surface area contributed by atoms with Gasteiger partial charge in [0.05, 0.1) is 36.9 Å². The number of benzene rings is 12. The molecular weight excluding hydrogens is 1040 g/mol. The molecule has 2 heterocycles. The zero-order valence-electron chi connectivity index (χ0n) is 54.2. The van der Waals surface area contributed by atoms with Gasteiger partial charge in [-0.2, -0.15) is 0 Å². The van der Waals surface area contributed by atoms with Gasteiger partial charge in [0.25, 0.3) is 0 Å². The number of nitrogens with zero attached hydrogens (tertiary/aromatic N) is 2. The van der Waals surface area contributed by atoms with Crippen LogP contribution in [0.1, 0.15) is 180 Å². The molecule has 4 nitrogen and oxygen atoms in total. The highest BCUT2D eigenvalue weighted by molar-refractivity contribution is 6.31. The predicted molar refractivity (Wildman–Crippen MR) is 372 cm³/mol. The normalized spacial score (nSPS) is 14.1. The molecule has 4 atom stereocenters. The van der Waals surface area contributed by atoms with Crippen molar-refractivity contribution < 1.29 is 11.6 Å². The third kappa shape index (κ3) is 8.67. The zero-order valence-corrected chi connectivity index (χ0v) is 52.2. The van der Waals surface area contributed by atoms with Gasteiger partial charge in [-0.3, -0.25) is 0 Å². The molecule has 0 bridgehead atoms. The third-order valence-corrected chi connectivity index (χ3v) is 19.9. The lowest BCUT2D eigenvalue weighted by molar-refractivity contribution is 0.668. The highest BCUT2D eigenvalue weighted by Crippen LogP contribution is 2.56. The Kier molecular flexibility index (Phi) is 13.4. The summed E-state index contributed by atoms with van der Waals surface area (Å²) in [6.07, 6.45) is 3.99. The molecule has 0 fully saturated rings. The first kappa shape index (κ1) is 52.9. The van der Waals surface area contributed by atoms with Gasteiger partial charge in [-0.1, -0.05) is 217 Å². The highest BCUT2D eigenvalue weighted by Gasteiger charge is 2.32. The van der Waals surface area contributed by atoms with Gasteiger partial charge in [-0.05, 0) is 175 Å². The first-order valence-electron chi connectivity index (χ1n) is 33.0. The quantitative estimate of drug-likeness (QED) is 0.0903. The molecule has 86 heavy (non-hydrogen) atoms. The van der Waals surface area contributed by atoms with Crippen LogP contribution < -0.4 is 9.80 Å². The summed E-state index contributed by atoms with van der Waals surface area (Å²) < 4.78 is 32.6. The summed E-state index contributed by atoms with van der Waals surface area (Å²) in [4.78, 5) is 5.16. The number of furan rings is 2. The van der Waals surface area contributed by atoms with E-state index in [0.29, 0.717) is 35.1 Å². The van der Waals surface area contributed by atoms with Crippen molar-refractivity contribution in [3.63, 3.8) is 0 Å². The van der Waals surface area contributed by atoms with Gasteiger partial charge in [0.1, 0.15) is 11.2 Å². The second kappa shape index (κ2) is 21.7. The maximum absolute atomic E-state index is 9.18. The lowest BCUT2D eigenvalue weighted by atomic mass is 9.83. The van der Waals surface area contributed by atoms with Crippen LogP contribution in [0.2, 0.25) is 0 Å². The molecule has 430 valence electrons. The van der Waals surface area contributed by atoms with Crippen LogP contribution in [0, 0.1) is 0 Å². The minimum absolute atomic E-state index is 0.151. The van der Waals surface area contributed by atoms with Gasteiger partial charge in [0.15, 0.2) is 11.2 Å². The van der Waals surface area contributed by atoms with Crippen LogP contribution >= 0.6 is 0 Å². The molecule has 2 aromatic heterocycles. The minimum Gasteiger partial charge on any atom is -0.454 e. The molecule has 14 rings (SSSR count). The van der Waals surface area contributed by atoms with E-state index < -0.39 is 0 Å². The molecule has 0 aliphatic rings. The molecule has 0 spiro atoms. The smallest absolute Gasteiger partial charge is 0.159 e. The van der Waals surface area contributed by atoms with Gasteiger partial charge in [0, 0.05) is 43.1 Å². The van der Waals surface area contributed by atoms with Gasteiger partial charge in [-0.25, -0.2) is 0 Å². The molecule has 0 N–H and O–H groups in total. The fourth-order valence-electron chi connectivity index (χ4n) is 14.3. The van der Waals surface area contributed by atoms with Crippen molar-refractivity contribution in [3.05, 3.63) is 215 Å². The summed E-state index contributed by atoms with van der Waals surface area (Å²) in [7, 11) is 0. The monoisotopic (exact) mass is 1130 g/mol. The van der Waals surface area contributed by atoms with Crippen LogP contribution in [-0.2, 0) is 0 Å². The first-order chi connectivity index (χ1) is 42.6. The van der Waals surface area contributed by atoms with E-state index in [1.807, 2.05) is 24.3 Å². The number of fused-ring (bicyclic) bond motifs is 8. The van der Waals surface area contributed by atoms with Crippen LogP contribution in [0.15, 0.2) is 191 Å². The van der Waals surface area contributed by atoms with E-state index in [2.05, 4.69) is 238 Å². The maximum atomic E-state index is 9.18. The van der Waals surface area contributed by atoms with Gasteiger partial charge >= 0.3 is 0 Å². The summed E-state index contributed by atoms with van der Waals surface area (Å²) >= 11 is 0. The Bertz CT molecular complexity index is 4730. The molecule has 12 aromatic carbocycles. The highest BCUT2D eigenvalue weighted by atomic mass is 16.3.